The Bertz CT molecular complexity index is 1260. The van der Waals surface area contributed by atoms with Crippen molar-refractivity contribution < 1.29 is 29.7 Å². The van der Waals surface area contributed by atoms with Crippen molar-refractivity contribution in [2.75, 3.05) is 18.5 Å². The van der Waals surface area contributed by atoms with Crippen LogP contribution in [0.2, 0.25) is 0 Å². The molecule has 0 radical (unpaired) electrons. The molecule has 1 unspecified atom stereocenters. The smallest absolute Gasteiger partial charge is 0.353 e. The SMILES string of the molecule is Cc1nc(NCCCc2cccc(O)c2)nc(C)c1C(=O)NC(CO)(NC(=O)c1ccccc1)C(=O)O. The van der Waals surface area contributed by atoms with Gasteiger partial charge in [-0.3, -0.25) is 9.59 Å². The standard InChI is InChI=1S/C26H29N5O6/c1-16-21(17(2)29-25(28-16)27-13-7-9-18-8-6-12-20(33)14-18)23(35)31-26(15-32,24(36)37)30-22(34)19-10-4-3-5-11-19/h3-6,8,10-12,14,32-33H,7,9,13,15H2,1-2H3,(H,30,34)(H,31,35)(H,36,37)(H,27,28,29). The van der Waals surface area contributed by atoms with E-state index in [-0.39, 0.29) is 28.3 Å². The summed E-state index contributed by atoms with van der Waals surface area (Å²) in [5, 5.41) is 36.7. The number of aliphatic hydroxyl groups excluding tert-OH is 1. The molecule has 0 spiro atoms. The van der Waals surface area contributed by atoms with E-state index in [2.05, 4.69) is 25.9 Å². The van der Waals surface area contributed by atoms with E-state index in [1.807, 2.05) is 6.07 Å². The largest absolute Gasteiger partial charge is 0.508 e. The molecule has 1 aromatic heterocycles. The van der Waals surface area contributed by atoms with E-state index in [0.717, 1.165) is 18.4 Å². The number of phenols is 1. The van der Waals surface area contributed by atoms with Gasteiger partial charge in [0.05, 0.1) is 23.6 Å². The summed E-state index contributed by atoms with van der Waals surface area (Å²) in [6.07, 6.45) is 1.47. The van der Waals surface area contributed by atoms with E-state index in [1.165, 1.54) is 12.1 Å². The zero-order valence-corrected chi connectivity index (χ0v) is 20.5. The monoisotopic (exact) mass is 507 g/mol. The third-order valence-corrected chi connectivity index (χ3v) is 5.63. The molecular weight excluding hydrogens is 478 g/mol. The first-order valence-electron chi connectivity index (χ1n) is 11.6. The number of carboxylic acids is 1. The first-order valence-corrected chi connectivity index (χ1v) is 11.6. The molecule has 6 N–H and O–H groups in total. The van der Waals surface area contributed by atoms with E-state index in [1.54, 1.807) is 50.2 Å². The van der Waals surface area contributed by atoms with Crippen LogP contribution in [-0.4, -0.2) is 61.9 Å². The van der Waals surface area contributed by atoms with E-state index in [4.69, 9.17) is 0 Å². The highest BCUT2D eigenvalue weighted by molar-refractivity contribution is 6.02. The van der Waals surface area contributed by atoms with Gasteiger partial charge in [-0.15, -0.1) is 0 Å². The number of benzene rings is 2. The van der Waals surface area contributed by atoms with Crippen LogP contribution in [0.5, 0.6) is 5.75 Å². The topological polar surface area (TPSA) is 174 Å². The Morgan fingerprint density at radius 3 is 2.16 bits per heavy atom. The number of carboxylic acid groups (broad SMARTS) is 1. The van der Waals surface area contributed by atoms with Crippen LogP contribution in [0, 0.1) is 13.8 Å². The number of hydrogen-bond donors (Lipinski definition) is 6. The van der Waals surface area contributed by atoms with Crippen molar-refractivity contribution in [3.63, 3.8) is 0 Å². The summed E-state index contributed by atoms with van der Waals surface area (Å²) in [4.78, 5) is 46.3. The molecule has 0 fully saturated rings. The number of aliphatic carboxylic acids is 1. The molecule has 11 nitrogen and oxygen atoms in total. The van der Waals surface area contributed by atoms with Gasteiger partial charge in [0.25, 0.3) is 11.8 Å². The summed E-state index contributed by atoms with van der Waals surface area (Å²) in [6, 6.07) is 14.8. The van der Waals surface area contributed by atoms with Gasteiger partial charge < -0.3 is 31.3 Å². The van der Waals surface area contributed by atoms with Crippen molar-refractivity contribution in [3.05, 3.63) is 82.7 Å². The van der Waals surface area contributed by atoms with Gasteiger partial charge in [-0.1, -0.05) is 30.3 Å². The molecule has 0 saturated heterocycles. The average molecular weight is 508 g/mol. The molecule has 3 rings (SSSR count). The Morgan fingerprint density at radius 2 is 1.57 bits per heavy atom. The number of aromatic nitrogens is 2. The first kappa shape index (κ1) is 27.1. The number of nitrogens with one attached hydrogen (secondary N) is 3. The number of carbonyl (C=O) groups is 3. The van der Waals surface area contributed by atoms with E-state index < -0.39 is 30.1 Å². The molecule has 2 aromatic carbocycles. The number of nitrogens with zero attached hydrogens (tertiary/aromatic N) is 2. The molecule has 37 heavy (non-hydrogen) atoms. The highest BCUT2D eigenvalue weighted by Gasteiger charge is 2.42. The van der Waals surface area contributed by atoms with Crippen LogP contribution in [0.1, 0.15) is 44.1 Å². The third-order valence-electron chi connectivity index (χ3n) is 5.63. The normalized spacial score (nSPS) is 12.3. The third kappa shape index (κ3) is 6.79. The summed E-state index contributed by atoms with van der Waals surface area (Å²) in [7, 11) is 0. The molecule has 11 heteroatoms. The van der Waals surface area contributed by atoms with Crippen LogP contribution in [0.15, 0.2) is 54.6 Å². The van der Waals surface area contributed by atoms with Gasteiger partial charge in [0, 0.05) is 12.1 Å². The lowest BCUT2D eigenvalue weighted by Crippen LogP contribution is -2.68. The van der Waals surface area contributed by atoms with Gasteiger partial charge in [0.1, 0.15) is 5.75 Å². The summed E-state index contributed by atoms with van der Waals surface area (Å²) < 4.78 is 0. The number of aryl methyl sites for hydroxylation is 3. The Hall–Kier alpha value is -4.51. The minimum Gasteiger partial charge on any atom is -0.508 e. The lowest BCUT2D eigenvalue weighted by Gasteiger charge is -2.30. The van der Waals surface area contributed by atoms with Crippen LogP contribution in [0.4, 0.5) is 5.95 Å². The number of amides is 2. The van der Waals surface area contributed by atoms with Crippen molar-refractivity contribution in [3.8, 4) is 5.75 Å². The Morgan fingerprint density at radius 1 is 0.919 bits per heavy atom. The molecule has 3 aromatic rings. The van der Waals surface area contributed by atoms with Crippen molar-refractivity contribution >= 4 is 23.7 Å². The fourth-order valence-electron chi connectivity index (χ4n) is 3.73. The number of aliphatic hydroxyl groups is 1. The molecular formula is C26H29N5O6. The van der Waals surface area contributed by atoms with Crippen molar-refractivity contribution in [1.29, 1.82) is 0 Å². The molecule has 194 valence electrons. The van der Waals surface area contributed by atoms with Crippen LogP contribution < -0.4 is 16.0 Å². The van der Waals surface area contributed by atoms with Crippen molar-refractivity contribution in [2.24, 2.45) is 0 Å². The van der Waals surface area contributed by atoms with Crippen LogP contribution in [0.25, 0.3) is 0 Å². The molecule has 0 aliphatic carbocycles. The van der Waals surface area contributed by atoms with Gasteiger partial charge in [-0.25, -0.2) is 14.8 Å². The number of rotatable bonds is 11. The lowest BCUT2D eigenvalue weighted by molar-refractivity contribution is -0.147. The predicted molar refractivity (Wildman–Crippen MR) is 135 cm³/mol. The summed E-state index contributed by atoms with van der Waals surface area (Å²) in [5.41, 5.74) is -0.720. The minimum absolute atomic E-state index is 0.0262. The average Bonchev–Trinajstić information content (AvgIpc) is 2.86. The minimum atomic E-state index is -2.47. The maximum absolute atomic E-state index is 13.1. The van der Waals surface area contributed by atoms with Crippen LogP contribution in [0.3, 0.4) is 0 Å². The second-order valence-corrected chi connectivity index (χ2v) is 8.44. The maximum Gasteiger partial charge on any atom is 0.353 e. The Kier molecular flexibility index (Phi) is 8.75. The molecule has 0 aliphatic rings. The van der Waals surface area contributed by atoms with Gasteiger partial charge >= 0.3 is 5.97 Å². The number of phenolic OH excluding ortho intramolecular Hbond substituents is 1. The summed E-state index contributed by atoms with van der Waals surface area (Å²) in [6.45, 7) is 2.60. The zero-order chi connectivity index (χ0) is 27.0. The summed E-state index contributed by atoms with van der Waals surface area (Å²) >= 11 is 0. The number of anilines is 1. The van der Waals surface area contributed by atoms with Crippen molar-refractivity contribution in [2.45, 2.75) is 32.4 Å². The van der Waals surface area contributed by atoms with E-state index >= 15 is 0 Å². The highest BCUT2D eigenvalue weighted by Crippen LogP contribution is 2.16. The number of hydrogen-bond acceptors (Lipinski definition) is 8. The zero-order valence-electron chi connectivity index (χ0n) is 20.5. The van der Waals surface area contributed by atoms with Crippen LogP contribution >= 0.6 is 0 Å². The van der Waals surface area contributed by atoms with E-state index in [9.17, 15) is 29.7 Å². The van der Waals surface area contributed by atoms with Gasteiger partial charge in [-0.2, -0.15) is 0 Å². The fourth-order valence-corrected chi connectivity index (χ4v) is 3.73. The molecule has 0 aliphatic heterocycles. The maximum atomic E-state index is 13.1. The predicted octanol–water partition coefficient (Wildman–Crippen LogP) is 1.78. The Labute approximate surface area is 213 Å². The molecule has 1 atom stereocenters. The number of aromatic hydroxyl groups is 1. The molecule has 1 heterocycles. The second-order valence-electron chi connectivity index (χ2n) is 8.44. The lowest BCUT2D eigenvalue weighted by atomic mass is 10.1. The van der Waals surface area contributed by atoms with Gasteiger partial charge in [0.2, 0.25) is 11.6 Å². The summed E-state index contributed by atoms with van der Waals surface area (Å²) in [5.74, 6) is -2.79. The Balaban J connectivity index is 1.70. The van der Waals surface area contributed by atoms with Crippen molar-refractivity contribution in [1.82, 2.24) is 20.6 Å². The second kappa shape index (κ2) is 12.0. The van der Waals surface area contributed by atoms with Crippen LogP contribution in [-0.2, 0) is 11.2 Å². The quantitative estimate of drug-likeness (QED) is 0.167. The molecule has 0 bridgehead atoms. The van der Waals surface area contributed by atoms with Gasteiger partial charge in [0.15, 0.2) is 0 Å². The molecule has 2 amide bonds. The fraction of sp³-hybridized carbons (Fsp3) is 0.269. The van der Waals surface area contributed by atoms with E-state index in [0.29, 0.717) is 12.5 Å². The highest BCUT2D eigenvalue weighted by atomic mass is 16.4. The first-order chi connectivity index (χ1) is 17.6. The van der Waals surface area contributed by atoms with Gasteiger partial charge in [-0.05, 0) is 56.5 Å². The molecule has 0 saturated carbocycles. The number of carbonyl (C=O) groups excluding carboxylic acids is 2.